The molecule has 0 unspecified atom stereocenters. The van der Waals surface area contributed by atoms with Gasteiger partial charge in [0, 0.05) is 26.2 Å². The summed E-state index contributed by atoms with van der Waals surface area (Å²) in [5, 5.41) is 10.4. The Morgan fingerprint density at radius 1 is 1.00 bits per heavy atom. The van der Waals surface area contributed by atoms with Crippen LogP contribution in [0.5, 0.6) is 0 Å². The van der Waals surface area contributed by atoms with Gasteiger partial charge in [0.15, 0.2) is 0 Å². The number of hydrogen-bond acceptors (Lipinski definition) is 4. The van der Waals surface area contributed by atoms with Crippen LogP contribution in [0.1, 0.15) is 52.4 Å². The molecule has 0 aliphatic carbocycles. The summed E-state index contributed by atoms with van der Waals surface area (Å²) in [6.45, 7) is 11.6. The van der Waals surface area contributed by atoms with E-state index in [1.165, 1.54) is 25.9 Å². The Morgan fingerprint density at radius 2 is 1.62 bits per heavy atom. The van der Waals surface area contributed by atoms with Gasteiger partial charge in [0.05, 0.1) is 18.3 Å². The highest BCUT2D eigenvalue weighted by Crippen LogP contribution is 2.20. The summed E-state index contributed by atoms with van der Waals surface area (Å²) in [6, 6.07) is 0. The standard InChI is InChI=1S/C17H34N2O2/c1-3-17(20,4-2)15-19-11-7-16(8-12-19)21-14-13-18-9-5-6-10-18/h16,20H,3-15H2,1-2H3. The van der Waals surface area contributed by atoms with E-state index < -0.39 is 5.60 Å². The monoisotopic (exact) mass is 298 g/mol. The van der Waals surface area contributed by atoms with Gasteiger partial charge in [0.2, 0.25) is 0 Å². The molecule has 2 fully saturated rings. The van der Waals surface area contributed by atoms with E-state index in [1.807, 2.05) is 0 Å². The van der Waals surface area contributed by atoms with Gasteiger partial charge in [-0.1, -0.05) is 13.8 Å². The van der Waals surface area contributed by atoms with Crippen LogP contribution in [0.2, 0.25) is 0 Å². The van der Waals surface area contributed by atoms with Gasteiger partial charge in [-0.2, -0.15) is 0 Å². The Kier molecular flexibility index (Phi) is 6.93. The van der Waals surface area contributed by atoms with Crippen LogP contribution in [0.3, 0.4) is 0 Å². The zero-order valence-electron chi connectivity index (χ0n) is 14.0. The third-order valence-electron chi connectivity index (χ3n) is 5.33. The lowest BCUT2D eigenvalue weighted by molar-refractivity contribution is -0.0371. The summed E-state index contributed by atoms with van der Waals surface area (Å²) in [6.07, 6.45) is 7.06. The molecule has 0 bridgehead atoms. The molecule has 2 aliphatic rings. The number of piperidine rings is 1. The van der Waals surface area contributed by atoms with E-state index in [1.54, 1.807) is 0 Å². The van der Waals surface area contributed by atoms with Crippen molar-refractivity contribution in [3.05, 3.63) is 0 Å². The Hall–Kier alpha value is -0.160. The van der Waals surface area contributed by atoms with E-state index in [0.29, 0.717) is 6.10 Å². The van der Waals surface area contributed by atoms with Crippen molar-refractivity contribution in [2.45, 2.75) is 64.1 Å². The molecule has 2 aliphatic heterocycles. The Morgan fingerprint density at radius 3 is 2.19 bits per heavy atom. The summed E-state index contributed by atoms with van der Waals surface area (Å²) in [4.78, 5) is 4.92. The predicted molar refractivity (Wildman–Crippen MR) is 86.6 cm³/mol. The van der Waals surface area contributed by atoms with Crippen molar-refractivity contribution >= 4 is 0 Å². The van der Waals surface area contributed by atoms with E-state index in [9.17, 15) is 5.11 Å². The van der Waals surface area contributed by atoms with Gasteiger partial charge in [-0.3, -0.25) is 0 Å². The zero-order valence-corrected chi connectivity index (χ0v) is 14.0. The molecule has 4 heteroatoms. The molecular weight excluding hydrogens is 264 g/mol. The molecule has 0 amide bonds. The van der Waals surface area contributed by atoms with Crippen LogP contribution in [-0.4, -0.2) is 72.5 Å². The minimum absolute atomic E-state index is 0.431. The smallest absolute Gasteiger partial charge is 0.0768 e. The van der Waals surface area contributed by atoms with Crippen molar-refractivity contribution in [1.29, 1.82) is 0 Å². The lowest BCUT2D eigenvalue weighted by atomic mass is 9.95. The van der Waals surface area contributed by atoms with Gasteiger partial charge >= 0.3 is 0 Å². The largest absolute Gasteiger partial charge is 0.389 e. The van der Waals surface area contributed by atoms with Crippen molar-refractivity contribution in [3.63, 3.8) is 0 Å². The average Bonchev–Trinajstić information content (AvgIpc) is 3.02. The van der Waals surface area contributed by atoms with Crippen LogP contribution >= 0.6 is 0 Å². The van der Waals surface area contributed by atoms with Gasteiger partial charge in [-0.15, -0.1) is 0 Å². The van der Waals surface area contributed by atoms with Crippen molar-refractivity contribution in [2.24, 2.45) is 0 Å². The molecule has 1 N–H and O–H groups in total. The maximum atomic E-state index is 10.4. The van der Waals surface area contributed by atoms with E-state index in [0.717, 1.165) is 58.5 Å². The first-order valence-corrected chi connectivity index (χ1v) is 8.94. The summed E-state index contributed by atoms with van der Waals surface area (Å²) in [5.41, 5.74) is -0.497. The molecule has 0 aromatic carbocycles. The fourth-order valence-corrected chi connectivity index (χ4v) is 3.48. The number of aliphatic hydroxyl groups is 1. The Bertz CT molecular complexity index is 281. The first-order valence-electron chi connectivity index (χ1n) is 8.94. The SMILES string of the molecule is CCC(O)(CC)CN1CCC(OCCN2CCCC2)CC1. The average molecular weight is 298 g/mol. The molecule has 2 rings (SSSR count). The predicted octanol–water partition coefficient (Wildman–Crippen LogP) is 2.11. The first-order chi connectivity index (χ1) is 10.1. The maximum Gasteiger partial charge on any atom is 0.0768 e. The summed E-state index contributed by atoms with van der Waals surface area (Å²) >= 11 is 0. The number of likely N-dealkylation sites (tertiary alicyclic amines) is 2. The molecule has 21 heavy (non-hydrogen) atoms. The molecule has 124 valence electrons. The first kappa shape index (κ1) is 17.2. The molecule has 0 atom stereocenters. The normalized spacial score (nSPS) is 23.0. The lowest BCUT2D eigenvalue weighted by Gasteiger charge is -2.37. The van der Waals surface area contributed by atoms with Gasteiger partial charge < -0.3 is 19.6 Å². The van der Waals surface area contributed by atoms with Gasteiger partial charge in [0.1, 0.15) is 0 Å². The molecule has 2 heterocycles. The molecule has 0 radical (unpaired) electrons. The van der Waals surface area contributed by atoms with E-state index in [4.69, 9.17) is 4.74 Å². The van der Waals surface area contributed by atoms with Crippen LogP contribution in [0, 0.1) is 0 Å². The molecule has 0 spiro atoms. The highest BCUT2D eigenvalue weighted by Gasteiger charge is 2.28. The molecule has 2 saturated heterocycles. The third-order valence-corrected chi connectivity index (χ3v) is 5.33. The topological polar surface area (TPSA) is 35.9 Å². The summed E-state index contributed by atoms with van der Waals surface area (Å²) in [5.74, 6) is 0. The van der Waals surface area contributed by atoms with E-state index in [2.05, 4.69) is 23.6 Å². The second-order valence-electron chi connectivity index (χ2n) is 6.83. The van der Waals surface area contributed by atoms with Crippen molar-refractivity contribution in [1.82, 2.24) is 9.80 Å². The lowest BCUT2D eigenvalue weighted by Crippen LogP contribution is -2.46. The number of hydrogen-bond donors (Lipinski definition) is 1. The highest BCUT2D eigenvalue weighted by atomic mass is 16.5. The van der Waals surface area contributed by atoms with Gasteiger partial charge in [-0.05, 0) is 51.6 Å². The Balaban J connectivity index is 1.59. The summed E-state index contributed by atoms with van der Waals surface area (Å²) in [7, 11) is 0. The quantitative estimate of drug-likeness (QED) is 0.744. The minimum Gasteiger partial charge on any atom is -0.389 e. The molecule has 4 nitrogen and oxygen atoms in total. The fourth-order valence-electron chi connectivity index (χ4n) is 3.48. The van der Waals surface area contributed by atoms with Crippen LogP contribution < -0.4 is 0 Å². The molecular formula is C17H34N2O2. The number of rotatable bonds is 8. The van der Waals surface area contributed by atoms with E-state index in [-0.39, 0.29) is 0 Å². The second-order valence-corrected chi connectivity index (χ2v) is 6.83. The highest BCUT2D eigenvalue weighted by molar-refractivity contribution is 4.82. The Labute approximate surface area is 130 Å². The van der Waals surface area contributed by atoms with Gasteiger partial charge in [-0.25, -0.2) is 0 Å². The fraction of sp³-hybridized carbons (Fsp3) is 1.00. The number of nitrogens with zero attached hydrogens (tertiary/aromatic N) is 2. The van der Waals surface area contributed by atoms with Crippen molar-refractivity contribution in [3.8, 4) is 0 Å². The van der Waals surface area contributed by atoms with Crippen LogP contribution in [0.15, 0.2) is 0 Å². The molecule has 0 aromatic heterocycles. The molecule has 0 saturated carbocycles. The number of ether oxygens (including phenoxy) is 1. The second kappa shape index (κ2) is 8.47. The molecule has 0 aromatic rings. The van der Waals surface area contributed by atoms with Crippen molar-refractivity contribution < 1.29 is 9.84 Å². The van der Waals surface area contributed by atoms with Gasteiger partial charge in [0.25, 0.3) is 0 Å². The third kappa shape index (κ3) is 5.51. The van der Waals surface area contributed by atoms with Crippen LogP contribution in [0.4, 0.5) is 0 Å². The van der Waals surface area contributed by atoms with Crippen LogP contribution in [0.25, 0.3) is 0 Å². The number of β-amino-alcohol motifs (C(OH)–C–C–N with tert-alkyl or cyclic N) is 1. The van der Waals surface area contributed by atoms with E-state index >= 15 is 0 Å². The summed E-state index contributed by atoms with van der Waals surface area (Å²) < 4.78 is 6.05. The maximum absolute atomic E-state index is 10.4. The minimum atomic E-state index is -0.497. The van der Waals surface area contributed by atoms with Crippen LogP contribution in [-0.2, 0) is 4.74 Å². The van der Waals surface area contributed by atoms with Crippen molar-refractivity contribution in [2.75, 3.05) is 45.9 Å². The zero-order chi connectivity index (χ0) is 15.1.